The summed E-state index contributed by atoms with van der Waals surface area (Å²) in [6, 6.07) is 5.43. The van der Waals surface area contributed by atoms with E-state index < -0.39 is 0 Å². The van der Waals surface area contributed by atoms with E-state index >= 15 is 0 Å². The first-order valence-corrected chi connectivity index (χ1v) is 6.38. The number of nitrogens with zero attached hydrogens (tertiary/aromatic N) is 2. The van der Waals surface area contributed by atoms with Crippen molar-refractivity contribution in [1.29, 1.82) is 0 Å². The largest absolute Gasteiger partial charge is 0.462 e. The molecule has 0 unspecified atom stereocenters. The van der Waals surface area contributed by atoms with Crippen LogP contribution in [0.25, 0.3) is 0 Å². The highest BCUT2D eigenvalue weighted by Crippen LogP contribution is 2.21. The van der Waals surface area contributed by atoms with Crippen LogP contribution in [0.5, 0.6) is 0 Å². The molecular formula is C14H23N3O2. The van der Waals surface area contributed by atoms with Gasteiger partial charge >= 0.3 is 5.97 Å². The Hall–Kier alpha value is -1.75. The van der Waals surface area contributed by atoms with E-state index in [0.717, 1.165) is 18.8 Å². The van der Waals surface area contributed by atoms with Crippen LogP contribution in [0.3, 0.4) is 0 Å². The normalized spacial score (nSPS) is 10.6. The number of rotatable bonds is 6. The van der Waals surface area contributed by atoms with Gasteiger partial charge in [0.1, 0.15) is 0 Å². The Morgan fingerprint density at radius 1 is 1.26 bits per heavy atom. The van der Waals surface area contributed by atoms with E-state index in [1.807, 2.05) is 27.2 Å². The quantitative estimate of drug-likeness (QED) is 0.623. The number of likely N-dealkylation sites (N-methyl/N-ethyl adjacent to an activating group) is 2. The fourth-order valence-electron chi connectivity index (χ4n) is 1.65. The van der Waals surface area contributed by atoms with E-state index in [1.54, 1.807) is 19.1 Å². The predicted molar refractivity (Wildman–Crippen MR) is 78.6 cm³/mol. The number of carbonyl (C=O) groups is 1. The maximum atomic E-state index is 11.8. The molecule has 1 aromatic rings. The van der Waals surface area contributed by atoms with Crippen LogP contribution in [0.4, 0.5) is 11.4 Å². The number of carbonyl (C=O) groups excluding carboxylic acids is 1. The average Bonchev–Trinajstić information content (AvgIpc) is 2.36. The van der Waals surface area contributed by atoms with Crippen molar-refractivity contribution in [3.8, 4) is 0 Å². The number of benzene rings is 1. The molecule has 5 nitrogen and oxygen atoms in total. The second kappa shape index (κ2) is 6.99. The molecule has 0 saturated carbocycles. The molecule has 1 rings (SSSR count). The number of ether oxygens (including phenoxy) is 1. The van der Waals surface area contributed by atoms with Crippen LogP contribution >= 0.6 is 0 Å². The highest BCUT2D eigenvalue weighted by molar-refractivity contribution is 5.96. The van der Waals surface area contributed by atoms with Crippen molar-refractivity contribution >= 4 is 17.3 Å². The summed E-state index contributed by atoms with van der Waals surface area (Å²) in [4.78, 5) is 16.0. The minimum Gasteiger partial charge on any atom is -0.462 e. The van der Waals surface area contributed by atoms with E-state index in [0.29, 0.717) is 17.9 Å². The van der Waals surface area contributed by atoms with Crippen LogP contribution in [0.2, 0.25) is 0 Å². The molecule has 0 amide bonds. The van der Waals surface area contributed by atoms with Crippen LogP contribution in [-0.2, 0) is 4.74 Å². The lowest BCUT2D eigenvalue weighted by atomic mass is 10.1. The molecule has 2 N–H and O–H groups in total. The summed E-state index contributed by atoms with van der Waals surface area (Å²) in [6.45, 7) is 3.94. The molecule has 0 aliphatic rings. The molecule has 0 fully saturated rings. The summed E-state index contributed by atoms with van der Waals surface area (Å²) >= 11 is 0. The van der Waals surface area contributed by atoms with Crippen LogP contribution in [0.1, 0.15) is 17.3 Å². The van der Waals surface area contributed by atoms with Crippen molar-refractivity contribution in [2.24, 2.45) is 0 Å². The molecule has 0 aliphatic heterocycles. The third-order valence-electron chi connectivity index (χ3n) is 2.86. The van der Waals surface area contributed by atoms with Gasteiger partial charge in [-0.15, -0.1) is 0 Å². The monoisotopic (exact) mass is 265 g/mol. The second-order valence-corrected chi connectivity index (χ2v) is 4.72. The fraction of sp³-hybridized carbons (Fsp3) is 0.500. The molecule has 0 radical (unpaired) electrons. The Balaban J connectivity index is 2.86. The average molecular weight is 265 g/mol. The van der Waals surface area contributed by atoms with Crippen molar-refractivity contribution in [3.05, 3.63) is 23.8 Å². The maximum absolute atomic E-state index is 11.8. The van der Waals surface area contributed by atoms with Gasteiger partial charge in [-0.1, -0.05) is 0 Å². The Kier molecular flexibility index (Phi) is 5.63. The molecule has 1 aromatic carbocycles. The van der Waals surface area contributed by atoms with Crippen LogP contribution in [-0.4, -0.2) is 51.7 Å². The molecule has 19 heavy (non-hydrogen) atoms. The van der Waals surface area contributed by atoms with Gasteiger partial charge in [-0.2, -0.15) is 0 Å². The molecule has 0 saturated heterocycles. The molecular weight excluding hydrogens is 242 g/mol. The highest BCUT2D eigenvalue weighted by Gasteiger charge is 2.13. The summed E-state index contributed by atoms with van der Waals surface area (Å²) in [5.74, 6) is -0.372. The van der Waals surface area contributed by atoms with Gasteiger partial charge in [-0.25, -0.2) is 4.79 Å². The SMILES string of the molecule is CCOC(=O)c1cc(N(C)CCN(C)C)ccc1N. The van der Waals surface area contributed by atoms with Crippen molar-refractivity contribution in [2.45, 2.75) is 6.92 Å². The van der Waals surface area contributed by atoms with E-state index in [-0.39, 0.29) is 5.97 Å². The molecule has 0 aliphatic carbocycles. The van der Waals surface area contributed by atoms with E-state index in [2.05, 4.69) is 9.80 Å². The Labute approximate surface area is 114 Å². The lowest BCUT2D eigenvalue weighted by Gasteiger charge is -2.22. The molecule has 0 bridgehead atoms. The summed E-state index contributed by atoms with van der Waals surface area (Å²) in [5.41, 5.74) is 7.65. The van der Waals surface area contributed by atoms with Crippen molar-refractivity contribution in [1.82, 2.24) is 4.90 Å². The third kappa shape index (κ3) is 4.44. The minimum atomic E-state index is -0.372. The highest BCUT2D eigenvalue weighted by atomic mass is 16.5. The Morgan fingerprint density at radius 3 is 2.53 bits per heavy atom. The van der Waals surface area contributed by atoms with E-state index in [1.165, 1.54) is 0 Å². The smallest absolute Gasteiger partial charge is 0.340 e. The lowest BCUT2D eigenvalue weighted by molar-refractivity contribution is 0.0527. The van der Waals surface area contributed by atoms with Gasteiger partial charge in [0.15, 0.2) is 0 Å². The molecule has 0 atom stereocenters. The molecule has 0 heterocycles. The van der Waals surface area contributed by atoms with E-state index in [4.69, 9.17) is 10.5 Å². The third-order valence-corrected chi connectivity index (χ3v) is 2.86. The van der Waals surface area contributed by atoms with Gasteiger partial charge in [0.25, 0.3) is 0 Å². The van der Waals surface area contributed by atoms with Crippen LogP contribution in [0.15, 0.2) is 18.2 Å². The number of hydrogen-bond acceptors (Lipinski definition) is 5. The number of nitrogens with two attached hydrogens (primary N) is 1. The fourth-order valence-corrected chi connectivity index (χ4v) is 1.65. The number of nitrogen functional groups attached to an aromatic ring is 1. The first-order valence-electron chi connectivity index (χ1n) is 6.38. The summed E-state index contributed by atoms with van der Waals surface area (Å²) in [7, 11) is 6.05. The zero-order valence-corrected chi connectivity index (χ0v) is 12.1. The summed E-state index contributed by atoms with van der Waals surface area (Å²) < 4.78 is 5.00. The van der Waals surface area contributed by atoms with Crippen LogP contribution in [0, 0.1) is 0 Å². The summed E-state index contributed by atoms with van der Waals surface area (Å²) in [5, 5.41) is 0. The minimum absolute atomic E-state index is 0.346. The van der Waals surface area contributed by atoms with Crippen LogP contribution < -0.4 is 10.6 Å². The van der Waals surface area contributed by atoms with Gasteiger partial charge in [0.2, 0.25) is 0 Å². The van der Waals surface area contributed by atoms with Gasteiger partial charge in [-0.05, 0) is 39.2 Å². The molecule has 0 aromatic heterocycles. The van der Waals surface area contributed by atoms with Gasteiger partial charge < -0.3 is 20.3 Å². The van der Waals surface area contributed by atoms with Gasteiger partial charge in [0, 0.05) is 31.5 Å². The van der Waals surface area contributed by atoms with Crippen molar-refractivity contribution in [3.63, 3.8) is 0 Å². The molecule has 5 heteroatoms. The predicted octanol–water partition coefficient (Wildman–Crippen LogP) is 1.44. The van der Waals surface area contributed by atoms with Crippen molar-refractivity contribution in [2.75, 3.05) is 51.5 Å². The number of esters is 1. The van der Waals surface area contributed by atoms with Gasteiger partial charge in [0.05, 0.1) is 12.2 Å². The Bertz CT molecular complexity index is 433. The zero-order valence-electron chi connectivity index (χ0n) is 12.1. The summed E-state index contributed by atoms with van der Waals surface area (Å²) in [6.07, 6.45) is 0. The molecule has 106 valence electrons. The Morgan fingerprint density at radius 2 is 1.95 bits per heavy atom. The first kappa shape index (κ1) is 15.3. The standard InChI is InChI=1S/C14H23N3O2/c1-5-19-14(18)12-10-11(6-7-13(12)15)17(4)9-8-16(2)3/h6-7,10H,5,8-9,15H2,1-4H3. The van der Waals surface area contributed by atoms with E-state index in [9.17, 15) is 4.79 Å². The second-order valence-electron chi connectivity index (χ2n) is 4.72. The number of hydrogen-bond donors (Lipinski definition) is 1. The first-order chi connectivity index (χ1) is 8.95. The number of anilines is 2. The van der Waals surface area contributed by atoms with Crippen molar-refractivity contribution < 1.29 is 9.53 Å². The topological polar surface area (TPSA) is 58.8 Å². The maximum Gasteiger partial charge on any atom is 0.340 e. The van der Waals surface area contributed by atoms with Gasteiger partial charge in [-0.3, -0.25) is 0 Å². The lowest BCUT2D eigenvalue weighted by Crippen LogP contribution is -2.28. The molecule has 0 spiro atoms. The zero-order chi connectivity index (χ0) is 14.4.